The van der Waals surface area contributed by atoms with Gasteiger partial charge in [-0.1, -0.05) is 0 Å². The Labute approximate surface area is 75.8 Å². The second kappa shape index (κ2) is 4.32. The van der Waals surface area contributed by atoms with Gasteiger partial charge in [0.25, 0.3) is 0 Å². The number of rotatable bonds is 2. The lowest BCUT2D eigenvalue weighted by Crippen LogP contribution is -2.62. The monoisotopic (exact) mass is 193 g/mol. The maximum absolute atomic E-state index is 9.45. The van der Waals surface area contributed by atoms with E-state index in [9.17, 15) is 15.3 Å². The van der Waals surface area contributed by atoms with Gasteiger partial charge in [0.2, 0.25) is 0 Å². The molecule has 6 nitrogen and oxygen atoms in total. The summed E-state index contributed by atoms with van der Waals surface area (Å²) in [4.78, 5) is 0. The van der Waals surface area contributed by atoms with Crippen LogP contribution < -0.4 is 5.32 Å². The molecule has 0 aromatic rings. The molecule has 1 fully saturated rings. The molecule has 0 saturated carbocycles. The van der Waals surface area contributed by atoms with Crippen LogP contribution in [0.3, 0.4) is 0 Å². The Kier molecular flexibility index (Phi) is 3.60. The van der Waals surface area contributed by atoms with Crippen molar-refractivity contribution in [1.29, 1.82) is 0 Å². The van der Waals surface area contributed by atoms with Crippen molar-refractivity contribution in [2.75, 3.05) is 13.7 Å². The summed E-state index contributed by atoms with van der Waals surface area (Å²) in [6.45, 7) is -0.439. The van der Waals surface area contributed by atoms with E-state index >= 15 is 0 Å². The third-order valence-corrected chi connectivity index (χ3v) is 2.23. The molecule has 13 heavy (non-hydrogen) atoms. The molecule has 1 aliphatic rings. The Hall–Kier alpha value is -0.240. The molecule has 0 amide bonds. The highest BCUT2D eigenvalue weighted by Gasteiger charge is 2.42. The quantitative estimate of drug-likeness (QED) is 0.320. The predicted molar refractivity (Wildman–Crippen MR) is 42.8 cm³/mol. The average Bonchev–Trinajstić information content (AvgIpc) is 2.12. The molecular formula is C7H15NO5. The van der Waals surface area contributed by atoms with Crippen LogP contribution in [-0.2, 0) is 4.74 Å². The number of aliphatic hydroxyl groups is 4. The van der Waals surface area contributed by atoms with Crippen LogP contribution in [0.25, 0.3) is 0 Å². The van der Waals surface area contributed by atoms with Crippen molar-refractivity contribution in [3.63, 3.8) is 0 Å². The average molecular weight is 193 g/mol. The Bertz CT molecular complexity index is 167. The minimum absolute atomic E-state index is 0.439. The maximum atomic E-state index is 9.45. The second-order valence-electron chi connectivity index (χ2n) is 3.04. The van der Waals surface area contributed by atoms with Crippen molar-refractivity contribution in [2.24, 2.45) is 0 Å². The zero-order valence-electron chi connectivity index (χ0n) is 7.29. The third-order valence-electron chi connectivity index (χ3n) is 2.23. The first-order valence-electron chi connectivity index (χ1n) is 4.09. The van der Waals surface area contributed by atoms with Gasteiger partial charge >= 0.3 is 0 Å². The van der Waals surface area contributed by atoms with E-state index < -0.39 is 37.3 Å². The zero-order chi connectivity index (χ0) is 10.0. The summed E-state index contributed by atoms with van der Waals surface area (Å²) in [6.07, 6.45) is -4.49. The number of aliphatic hydroxyl groups excluding tert-OH is 4. The fourth-order valence-corrected chi connectivity index (χ4v) is 1.41. The largest absolute Gasteiger partial charge is 0.394 e. The molecule has 5 N–H and O–H groups in total. The van der Waals surface area contributed by atoms with Crippen molar-refractivity contribution >= 4 is 0 Å². The van der Waals surface area contributed by atoms with Crippen molar-refractivity contribution in [3.05, 3.63) is 0 Å². The number of hydrogen-bond donors (Lipinski definition) is 5. The highest BCUT2D eigenvalue weighted by Crippen LogP contribution is 2.18. The van der Waals surface area contributed by atoms with Crippen LogP contribution in [0.1, 0.15) is 0 Å². The summed E-state index contributed by atoms with van der Waals surface area (Å²) in [7, 11) is 1.53. The molecule has 1 saturated heterocycles. The number of hydrogen-bond acceptors (Lipinski definition) is 6. The van der Waals surface area contributed by atoms with Gasteiger partial charge in [-0.3, -0.25) is 0 Å². The normalized spacial score (nSPS) is 46.4. The molecule has 0 aromatic heterocycles. The molecule has 0 spiro atoms. The summed E-state index contributed by atoms with van der Waals surface area (Å²) < 4.78 is 4.85. The summed E-state index contributed by atoms with van der Waals surface area (Å²) >= 11 is 0. The number of ether oxygens (including phenoxy) is 1. The van der Waals surface area contributed by atoms with E-state index in [0.717, 1.165) is 0 Å². The Balaban J connectivity index is 2.66. The molecule has 1 rings (SSSR count). The molecule has 78 valence electrons. The molecule has 0 radical (unpaired) electrons. The maximum Gasteiger partial charge on any atom is 0.173 e. The van der Waals surface area contributed by atoms with Gasteiger partial charge in [0.15, 0.2) is 6.29 Å². The van der Waals surface area contributed by atoms with Gasteiger partial charge in [-0.05, 0) is 7.05 Å². The van der Waals surface area contributed by atoms with E-state index in [1.165, 1.54) is 7.05 Å². The van der Waals surface area contributed by atoms with E-state index in [-0.39, 0.29) is 0 Å². The molecule has 0 aromatic carbocycles. The van der Waals surface area contributed by atoms with E-state index in [2.05, 4.69) is 5.32 Å². The Morgan fingerprint density at radius 2 is 1.85 bits per heavy atom. The lowest BCUT2D eigenvalue weighted by Gasteiger charge is -2.39. The van der Waals surface area contributed by atoms with E-state index in [0.29, 0.717) is 0 Å². The van der Waals surface area contributed by atoms with Crippen LogP contribution >= 0.6 is 0 Å². The summed E-state index contributed by atoms with van der Waals surface area (Å²) in [5, 5.41) is 39.4. The van der Waals surface area contributed by atoms with Crippen molar-refractivity contribution < 1.29 is 25.2 Å². The fraction of sp³-hybridized carbons (Fsp3) is 1.00. The van der Waals surface area contributed by atoms with Crippen LogP contribution in [0.5, 0.6) is 0 Å². The zero-order valence-corrected chi connectivity index (χ0v) is 7.29. The fourth-order valence-electron chi connectivity index (χ4n) is 1.41. The summed E-state index contributed by atoms with van der Waals surface area (Å²) in [6, 6.07) is -0.738. The van der Waals surface area contributed by atoms with Gasteiger partial charge in [-0.15, -0.1) is 0 Å². The molecule has 0 aliphatic carbocycles. The van der Waals surface area contributed by atoms with Gasteiger partial charge in [-0.2, -0.15) is 0 Å². The van der Waals surface area contributed by atoms with E-state index in [1.54, 1.807) is 0 Å². The molecular weight excluding hydrogens is 178 g/mol. The van der Waals surface area contributed by atoms with E-state index in [1.807, 2.05) is 0 Å². The first-order valence-corrected chi connectivity index (χ1v) is 4.09. The topological polar surface area (TPSA) is 102 Å². The van der Waals surface area contributed by atoms with Crippen LogP contribution in [0, 0.1) is 0 Å². The first kappa shape index (κ1) is 10.8. The third kappa shape index (κ3) is 1.98. The van der Waals surface area contributed by atoms with Crippen LogP contribution in [0.2, 0.25) is 0 Å². The van der Waals surface area contributed by atoms with Gasteiger partial charge in [0, 0.05) is 0 Å². The SMILES string of the molecule is CNC1C(O)OC(CO)[C@H](O)[C@@H]1O. The smallest absolute Gasteiger partial charge is 0.173 e. The molecule has 6 heteroatoms. The lowest BCUT2D eigenvalue weighted by molar-refractivity contribution is -0.253. The minimum atomic E-state index is -1.22. The van der Waals surface area contributed by atoms with Gasteiger partial charge in [0.05, 0.1) is 12.6 Å². The Morgan fingerprint density at radius 3 is 2.31 bits per heavy atom. The van der Waals surface area contributed by atoms with E-state index in [4.69, 9.17) is 9.84 Å². The van der Waals surface area contributed by atoms with Crippen molar-refractivity contribution in [1.82, 2.24) is 5.32 Å². The van der Waals surface area contributed by atoms with Crippen molar-refractivity contribution in [2.45, 2.75) is 30.6 Å². The van der Waals surface area contributed by atoms with Crippen LogP contribution in [0.4, 0.5) is 0 Å². The highest BCUT2D eigenvalue weighted by molar-refractivity contribution is 4.91. The van der Waals surface area contributed by atoms with Crippen LogP contribution in [-0.4, -0.2) is 64.7 Å². The number of likely N-dealkylation sites (N-methyl/N-ethyl adjacent to an activating group) is 1. The summed E-state index contributed by atoms with van der Waals surface area (Å²) in [5.41, 5.74) is 0. The standard InChI is InChI=1S/C7H15NO5/c1-8-4-6(11)5(10)3(2-9)13-7(4)12/h3-12H,2H2,1H3/t3?,4?,5-,6+,7?/m0/s1. The highest BCUT2D eigenvalue weighted by atomic mass is 16.6. The van der Waals surface area contributed by atoms with Crippen LogP contribution in [0.15, 0.2) is 0 Å². The predicted octanol–water partition coefficient (Wildman–Crippen LogP) is -2.99. The molecule has 1 heterocycles. The van der Waals surface area contributed by atoms with Gasteiger partial charge < -0.3 is 30.5 Å². The molecule has 1 aliphatic heterocycles. The second-order valence-corrected chi connectivity index (χ2v) is 3.04. The minimum Gasteiger partial charge on any atom is -0.394 e. The number of nitrogens with one attached hydrogen (secondary N) is 1. The Morgan fingerprint density at radius 1 is 1.23 bits per heavy atom. The van der Waals surface area contributed by atoms with Crippen molar-refractivity contribution in [3.8, 4) is 0 Å². The lowest BCUT2D eigenvalue weighted by atomic mass is 9.97. The first-order chi connectivity index (χ1) is 6.11. The summed E-state index contributed by atoms with van der Waals surface area (Å²) in [5.74, 6) is 0. The molecule has 3 unspecified atom stereocenters. The van der Waals surface area contributed by atoms with Gasteiger partial charge in [-0.25, -0.2) is 0 Å². The van der Waals surface area contributed by atoms with Gasteiger partial charge in [0.1, 0.15) is 18.3 Å². The molecule has 0 bridgehead atoms. The molecule has 5 atom stereocenters.